The van der Waals surface area contributed by atoms with Gasteiger partial charge in [-0.3, -0.25) is 9.59 Å². The maximum atomic E-state index is 13.5. The summed E-state index contributed by atoms with van der Waals surface area (Å²) in [6.07, 6.45) is 0. The second kappa shape index (κ2) is 9.20. The molecule has 6 nitrogen and oxygen atoms in total. The van der Waals surface area contributed by atoms with E-state index in [9.17, 15) is 9.59 Å². The molecule has 0 saturated carbocycles. The molecule has 0 fully saturated rings. The fourth-order valence-electron chi connectivity index (χ4n) is 3.71. The molecule has 1 aliphatic rings. The molecule has 3 aromatic rings. The lowest BCUT2D eigenvalue weighted by Gasteiger charge is -2.16. The Morgan fingerprint density at radius 2 is 1.48 bits per heavy atom. The molecule has 0 spiro atoms. The van der Waals surface area contributed by atoms with Gasteiger partial charge in [0, 0.05) is 25.5 Å². The molecule has 6 heteroatoms. The Labute approximate surface area is 194 Å². The molecule has 0 radical (unpaired) electrons. The molecule has 1 aliphatic heterocycles. The molecular formula is C27H27N3O3. The molecule has 168 valence electrons. The van der Waals surface area contributed by atoms with E-state index in [1.807, 2.05) is 81.4 Å². The number of ether oxygens (including phenoxy) is 1. The van der Waals surface area contributed by atoms with Crippen LogP contribution in [0.2, 0.25) is 0 Å². The summed E-state index contributed by atoms with van der Waals surface area (Å²) < 4.78 is 5.49. The van der Waals surface area contributed by atoms with Gasteiger partial charge in [0.1, 0.15) is 11.4 Å². The van der Waals surface area contributed by atoms with Crippen LogP contribution in [0.3, 0.4) is 0 Å². The second-order valence-electron chi connectivity index (χ2n) is 8.05. The molecule has 33 heavy (non-hydrogen) atoms. The smallest absolute Gasteiger partial charge is 0.282 e. The zero-order valence-electron chi connectivity index (χ0n) is 19.3. The molecule has 1 N–H and O–H groups in total. The fourth-order valence-corrected chi connectivity index (χ4v) is 3.71. The Morgan fingerprint density at radius 1 is 0.848 bits per heavy atom. The van der Waals surface area contributed by atoms with Crippen LogP contribution < -0.4 is 19.9 Å². The summed E-state index contributed by atoms with van der Waals surface area (Å²) in [6.45, 7) is 4.43. The van der Waals surface area contributed by atoms with Gasteiger partial charge in [0.15, 0.2) is 0 Å². The number of anilines is 3. The molecule has 0 saturated heterocycles. The largest absolute Gasteiger partial charge is 0.494 e. The van der Waals surface area contributed by atoms with Crippen molar-refractivity contribution in [1.82, 2.24) is 0 Å². The summed E-state index contributed by atoms with van der Waals surface area (Å²) in [5.41, 5.74) is 4.65. The number of amides is 2. The molecule has 1 heterocycles. The molecule has 0 aromatic heterocycles. The molecule has 0 bridgehead atoms. The number of aryl methyl sites for hydroxylation is 1. The number of benzene rings is 3. The topological polar surface area (TPSA) is 61.9 Å². The third kappa shape index (κ3) is 4.46. The van der Waals surface area contributed by atoms with E-state index in [-0.39, 0.29) is 11.6 Å². The van der Waals surface area contributed by atoms with E-state index in [4.69, 9.17) is 4.74 Å². The lowest BCUT2D eigenvalue weighted by atomic mass is 10.0. The van der Waals surface area contributed by atoms with Gasteiger partial charge in [-0.05, 0) is 67.9 Å². The van der Waals surface area contributed by atoms with Crippen molar-refractivity contribution in [2.45, 2.75) is 13.8 Å². The van der Waals surface area contributed by atoms with Crippen molar-refractivity contribution in [2.75, 3.05) is 35.8 Å². The van der Waals surface area contributed by atoms with Gasteiger partial charge in [0.05, 0.1) is 17.9 Å². The van der Waals surface area contributed by atoms with Gasteiger partial charge < -0.3 is 15.0 Å². The number of imide groups is 1. The molecule has 0 atom stereocenters. The van der Waals surface area contributed by atoms with Crippen molar-refractivity contribution >= 4 is 34.4 Å². The van der Waals surface area contributed by atoms with Crippen molar-refractivity contribution in [3.63, 3.8) is 0 Å². The number of carbonyl (C=O) groups is 2. The Hall–Kier alpha value is -4.06. The van der Waals surface area contributed by atoms with Gasteiger partial charge in [-0.1, -0.05) is 29.8 Å². The predicted molar refractivity (Wildman–Crippen MR) is 133 cm³/mol. The van der Waals surface area contributed by atoms with Crippen LogP contribution in [0.1, 0.15) is 18.1 Å². The summed E-state index contributed by atoms with van der Waals surface area (Å²) in [4.78, 5) is 30.2. The highest BCUT2D eigenvalue weighted by molar-refractivity contribution is 6.46. The average molecular weight is 442 g/mol. The van der Waals surface area contributed by atoms with Crippen molar-refractivity contribution in [3.05, 3.63) is 89.6 Å². The summed E-state index contributed by atoms with van der Waals surface area (Å²) >= 11 is 0. The summed E-state index contributed by atoms with van der Waals surface area (Å²) in [6, 6.07) is 22.3. The van der Waals surface area contributed by atoms with E-state index >= 15 is 0 Å². The molecule has 0 aliphatic carbocycles. The quantitative estimate of drug-likeness (QED) is 0.531. The monoisotopic (exact) mass is 441 g/mol. The fraction of sp³-hybridized carbons (Fsp3) is 0.185. The Morgan fingerprint density at radius 3 is 2.06 bits per heavy atom. The van der Waals surface area contributed by atoms with Gasteiger partial charge in [-0.25, -0.2) is 4.90 Å². The SMILES string of the molecule is CCOc1ccc(N2C(=O)C(Nc3ccc(N(C)C)cc3)=C(c3ccc(C)cc3)C2=O)cc1. The van der Waals surface area contributed by atoms with Gasteiger partial charge in [-0.15, -0.1) is 0 Å². The van der Waals surface area contributed by atoms with Crippen molar-refractivity contribution < 1.29 is 14.3 Å². The van der Waals surface area contributed by atoms with Crippen LogP contribution in [0.4, 0.5) is 17.1 Å². The van der Waals surface area contributed by atoms with E-state index < -0.39 is 5.91 Å². The zero-order chi connectivity index (χ0) is 23.5. The highest BCUT2D eigenvalue weighted by atomic mass is 16.5. The van der Waals surface area contributed by atoms with Crippen molar-refractivity contribution in [3.8, 4) is 5.75 Å². The third-order valence-electron chi connectivity index (χ3n) is 5.48. The minimum Gasteiger partial charge on any atom is -0.494 e. The first-order valence-corrected chi connectivity index (χ1v) is 10.9. The normalized spacial score (nSPS) is 13.5. The van der Waals surface area contributed by atoms with Crippen LogP contribution in [0.5, 0.6) is 5.75 Å². The number of nitrogens with zero attached hydrogens (tertiary/aromatic N) is 2. The molecule has 0 unspecified atom stereocenters. The van der Waals surface area contributed by atoms with Crippen LogP contribution >= 0.6 is 0 Å². The zero-order valence-corrected chi connectivity index (χ0v) is 19.3. The average Bonchev–Trinajstić information content (AvgIpc) is 3.05. The Balaban J connectivity index is 1.73. The van der Waals surface area contributed by atoms with Gasteiger partial charge in [-0.2, -0.15) is 0 Å². The summed E-state index contributed by atoms with van der Waals surface area (Å²) in [7, 11) is 3.93. The Kier molecular flexibility index (Phi) is 6.18. The third-order valence-corrected chi connectivity index (χ3v) is 5.48. The minimum absolute atomic E-state index is 0.260. The summed E-state index contributed by atoms with van der Waals surface area (Å²) in [5.74, 6) is -0.0664. The van der Waals surface area contributed by atoms with Crippen molar-refractivity contribution in [1.29, 1.82) is 0 Å². The number of nitrogens with one attached hydrogen (secondary N) is 1. The number of hydrogen-bond acceptors (Lipinski definition) is 5. The van der Waals surface area contributed by atoms with E-state index in [1.54, 1.807) is 24.3 Å². The highest BCUT2D eigenvalue weighted by Gasteiger charge is 2.40. The van der Waals surface area contributed by atoms with Crippen LogP contribution in [0.25, 0.3) is 5.57 Å². The lowest BCUT2D eigenvalue weighted by Crippen LogP contribution is -2.32. The number of hydrogen-bond donors (Lipinski definition) is 1. The standard InChI is InChI=1S/C27H27N3O3/c1-5-33-23-16-14-22(15-17-23)30-26(31)24(19-8-6-18(2)7-9-19)25(27(30)32)28-20-10-12-21(13-11-20)29(3)4/h6-17,28H,5H2,1-4H3. The highest BCUT2D eigenvalue weighted by Crippen LogP contribution is 2.34. The molecular weight excluding hydrogens is 414 g/mol. The number of carbonyl (C=O) groups excluding carboxylic acids is 2. The van der Waals surface area contributed by atoms with Gasteiger partial charge in [0.2, 0.25) is 0 Å². The lowest BCUT2D eigenvalue weighted by molar-refractivity contribution is -0.120. The van der Waals surface area contributed by atoms with Crippen LogP contribution in [-0.2, 0) is 9.59 Å². The van der Waals surface area contributed by atoms with E-state index in [2.05, 4.69) is 5.32 Å². The second-order valence-corrected chi connectivity index (χ2v) is 8.05. The summed E-state index contributed by atoms with van der Waals surface area (Å²) in [5, 5.41) is 3.21. The number of rotatable bonds is 7. The van der Waals surface area contributed by atoms with E-state index in [0.717, 1.165) is 16.9 Å². The molecule has 2 amide bonds. The maximum absolute atomic E-state index is 13.5. The first-order valence-electron chi connectivity index (χ1n) is 10.9. The van der Waals surface area contributed by atoms with Crippen LogP contribution in [-0.4, -0.2) is 32.5 Å². The molecule has 3 aromatic carbocycles. The Bertz CT molecular complexity index is 1190. The minimum atomic E-state index is -0.392. The van der Waals surface area contributed by atoms with Crippen LogP contribution in [0.15, 0.2) is 78.5 Å². The first kappa shape index (κ1) is 22.1. The van der Waals surface area contributed by atoms with E-state index in [0.29, 0.717) is 29.2 Å². The van der Waals surface area contributed by atoms with Crippen LogP contribution in [0, 0.1) is 6.92 Å². The van der Waals surface area contributed by atoms with Gasteiger partial charge in [0.25, 0.3) is 11.8 Å². The first-order chi connectivity index (χ1) is 15.9. The maximum Gasteiger partial charge on any atom is 0.282 e. The van der Waals surface area contributed by atoms with Gasteiger partial charge >= 0.3 is 0 Å². The predicted octanol–water partition coefficient (Wildman–Crippen LogP) is 4.86. The van der Waals surface area contributed by atoms with E-state index in [1.165, 1.54) is 4.90 Å². The molecule has 4 rings (SSSR count). The van der Waals surface area contributed by atoms with Crippen molar-refractivity contribution in [2.24, 2.45) is 0 Å².